The van der Waals surface area contributed by atoms with Gasteiger partial charge in [-0.2, -0.15) is 0 Å². The van der Waals surface area contributed by atoms with Crippen molar-refractivity contribution >= 4 is 38.6 Å². The van der Waals surface area contributed by atoms with E-state index in [0.717, 1.165) is 23.7 Å². The highest BCUT2D eigenvalue weighted by Gasteiger charge is 2.37. The minimum Gasteiger partial charge on any atom is -0.310 e. The Balaban J connectivity index is 1.19. The summed E-state index contributed by atoms with van der Waals surface area (Å²) < 4.78 is 0. The molecule has 0 saturated heterocycles. The molecule has 4 bridgehead atoms. The normalized spacial score (nSPS) is 21.0. The molecule has 0 aliphatic heterocycles. The Labute approximate surface area is 296 Å². The summed E-state index contributed by atoms with van der Waals surface area (Å²) in [6.07, 6.45) is 9.53. The van der Waals surface area contributed by atoms with Crippen LogP contribution >= 0.6 is 0 Å². The first-order valence-corrected chi connectivity index (χ1v) is 18.8. The minimum absolute atomic E-state index is 0.792. The second-order valence-electron chi connectivity index (χ2n) is 15.5. The summed E-state index contributed by atoms with van der Waals surface area (Å²) in [6, 6.07) is 56.9. The van der Waals surface area contributed by atoms with Gasteiger partial charge in [0.15, 0.2) is 0 Å². The summed E-state index contributed by atoms with van der Waals surface area (Å²) in [6.45, 7) is 0. The Morgan fingerprint density at radius 2 is 0.980 bits per heavy atom. The van der Waals surface area contributed by atoms with Crippen molar-refractivity contribution < 1.29 is 0 Å². The average molecular weight is 646 g/mol. The zero-order valence-electron chi connectivity index (χ0n) is 28.6. The molecule has 0 heterocycles. The predicted molar refractivity (Wildman–Crippen MR) is 211 cm³/mol. The first kappa shape index (κ1) is 29.7. The first-order valence-electron chi connectivity index (χ1n) is 18.8. The van der Waals surface area contributed by atoms with Crippen LogP contribution in [0, 0.1) is 23.7 Å². The smallest absolute Gasteiger partial charge is 0.0540 e. The fourth-order valence-corrected chi connectivity index (χ4v) is 10.3. The summed E-state index contributed by atoms with van der Waals surface area (Å²) in [5.74, 6) is 3.44. The molecule has 0 spiro atoms. The largest absolute Gasteiger partial charge is 0.310 e. The van der Waals surface area contributed by atoms with Gasteiger partial charge >= 0.3 is 0 Å². The topological polar surface area (TPSA) is 3.24 Å². The molecule has 0 amide bonds. The molecule has 1 nitrogen and oxygen atoms in total. The van der Waals surface area contributed by atoms with Crippen LogP contribution in [0.25, 0.3) is 43.8 Å². The van der Waals surface area contributed by atoms with E-state index in [2.05, 4.69) is 157 Å². The number of rotatable bonds is 4. The molecule has 0 aromatic heterocycles. The van der Waals surface area contributed by atoms with Crippen molar-refractivity contribution in [2.75, 3.05) is 4.90 Å². The van der Waals surface area contributed by atoms with Gasteiger partial charge in [0.2, 0.25) is 0 Å². The minimum atomic E-state index is 0.792. The lowest BCUT2D eigenvalue weighted by atomic mass is 9.63. The molecule has 7 aromatic carbocycles. The van der Waals surface area contributed by atoms with Crippen LogP contribution in [0.5, 0.6) is 0 Å². The zero-order valence-corrected chi connectivity index (χ0v) is 28.6. The highest BCUT2D eigenvalue weighted by Crippen LogP contribution is 2.50. The average Bonchev–Trinajstić information content (AvgIpc) is 3.18. The zero-order chi connectivity index (χ0) is 33.0. The maximum absolute atomic E-state index is 2.53. The van der Waals surface area contributed by atoms with E-state index in [1.807, 2.05) is 0 Å². The Bertz CT molecular complexity index is 2340. The molecule has 4 aliphatic rings. The fraction of sp³-hybridized carbons (Fsp3) is 0.224. The van der Waals surface area contributed by atoms with E-state index in [1.54, 1.807) is 0 Å². The summed E-state index contributed by atoms with van der Waals surface area (Å²) in [5, 5.41) is 5.05. The van der Waals surface area contributed by atoms with Crippen LogP contribution in [-0.4, -0.2) is 0 Å². The molecule has 2 unspecified atom stereocenters. The van der Waals surface area contributed by atoms with E-state index < -0.39 is 0 Å². The quantitative estimate of drug-likeness (QED) is 0.184. The third-order valence-electron chi connectivity index (χ3n) is 12.2. The molecule has 1 heteroatoms. The van der Waals surface area contributed by atoms with Crippen molar-refractivity contribution in [2.45, 2.75) is 44.9 Å². The number of benzene rings is 7. The lowest BCUT2D eigenvalue weighted by molar-refractivity contribution is 0.0973. The SMILES string of the molecule is c1ccc(-c2ccc(N(c3ccc4c(c3)-c3ccccc3CC3CC5CC(C4)CC(C3)C5)c3ccc4ccccc4c3)c3ccccc23)cc1. The molecule has 50 heavy (non-hydrogen) atoms. The molecule has 0 N–H and O–H groups in total. The van der Waals surface area contributed by atoms with E-state index >= 15 is 0 Å². The fourth-order valence-electron chi connectivity index (χ4n) is 10.3. The van der Waals surface area contributed by atoms with E-state index in [-0.39, 0.29) is 0 Å². The lowest BCUT2D eigenvalue weighted by Crippen LogP contribution is -2.32. The van der Waals surface area contributed by atoms with Crippen LogP contribution in [0.2, 0.25) is 0 Å². The summed E-state index contributed by atoms with van der Waals surface area (Å²) >= 11 is 0. The third kappa shape index (κ3) is 5.32. The standard InChI is InChI=1S/C49H43N/c1-2-11-38(12-3-1)45-22-23-49(47-17-9-8-16-46(45)47)50(42-20-18-37-10-4-5-13-39(37)31-42)43-21-19-41-30-36-27-33-24-34(28-36)26-35(25-33)29-40-14-6-7-15-44(40)48(41)32-43/h1-23,31-36H,24-30H2. The second kappa shape index (κ2) is 12.3. The van der Waals surface area contributed by atoms with E-state index in [9.17, 15) is 0 Å². The molecule has 244 valence electrons. The van der Waals surface area contributed by atoms with E-state index in [0.29, 0.717) is 0 Å². The van der Waals surface area contributed by atoms with Gasteiger partial charge in [0, 0.05) is 16.8 Å². The molecule has 2 fully saturated rings. The summed E-state index contributed by atoms with van der Waals surface area (Å²) in [7, 11) is 0. The van der Waals surface area contributed by atoms with Crippen molar-refractivity contribution in [3.05, 3.63) is 163 Å². The maximum Gasteiger partial charge on any atom is 0.0540 e. The Kier molecular flexibility index (Phi) is 7.33. The first-order chi connectivity index (χ1) is 24.7. The third-order valence-corrected chi connectivity index (χ3v) is 12.2. The molecule has 2 saturated carbocycles. The second-order valence-corrected chi connectivity index (χ2v) is 15.5. The monoisotopic (exact) mass is 645 g/mol. The van der Waals surface area contributed by atoms with Gasteiger partial charge in [-0.15, -0.1) is 0 Å². The van der Waals surface area contributed by atoms with Gasteiger partial charge in [0.1, 0.15) is 0 Å². The van der Waals surface area contributed by atoms with Crippen molar-refractivity contribution in [2.24, 2.45) is 23.7 Å². The number of hydrogen-bond acceptors (Lipinski definition) is 1. The van der Waals surface area contributed by atoms with Gasteiger partial charge in [0.05, 0.1) is 5.69 Å². The van der Waals surface area contributed by atoms with Crippen LogP contribution in [0.1, 0.15) is 43.2 Å². The van der Waals surface area contributed by atoms with Crippen LogP contribution in [0.15, 0.2) is 152 Å². The molecule has 4 aliphatic carbocycles. The Morgan fingerprint density at radius 3 is 1.78 bits per heavy atom. The van der Waals surface area contributed by atoms with E-state index in [4.69, 9.17) is 0 Å². The Morgan fingerprint density at radius 1 is 0.380 bits per heavy atom. The number of anilines is 3. The Hall–Kier alpha value is -5.14. The molecule has 7 aromatic rings. The number of hydrogen-bond donors (Lipinski definition) is 0. The maximum atomic E-state index is 2.53. The van der Waals surface area contributed by atoms with Crippen molar-refractivity contribution in [1.82, 2.24) is 0 Å². The van der Waals surface area contributed by atoms with Crippen LogP contribution < -0.4 is 4.90 Å². The highest BCUT2D eigenvalue weighted by atomic mass is 15.1. The van der Waals surface area contributed by atoms with Crippen molar-refractivity contribution in [3.8, 4) is 22.3 Å². The van der Waals surface area contributed by atoms with Gasteiger partial charge in [-0.05, 0) is 148 Å². The summed E-state index contributed by atoms with van der Waals surface area (Å²) in [5.41, 5.74) is 12.0. The van der Waals surface area contributed by atoms with Crippen molar-refractivity contribution in [3.63, 3.8) is 0 Å². The predicted octanol–water partition coefficient (Wildman–Crippen LogP) is 13.3. The number of nitrogens with zero attached hydrogens (tertiary/aromatic N) is 1. The molecule has 11 rings (SSSR count). The molecule has 2 atom stereocenters. The molecular formula is C49H43N. The highest BCUT2D eigenvalue weighted by molar-refractivity contribution is 6.06. The van der Waals surface area contributed by atoms with Crippen LogP contribution in [0.4, 0.5) is 17.1 Å². The summed E-state index contributed by atoms with van der Waals surface area (Å²) in [4.78, 5) is 2.52. The van der Waals surface area contributed by atoms with Crippen LogP contribution in [0.3, 0.4) is 0 Å². The van der Waals surface area contributed by atoms with Gasteiger partial charge in [-0.25, -0.2) is 0 Å². The molecule has 0 radical (unpaired) electrons. The van der Waals surface area contributed by atoms with Gasteiger partial charge in [-0.3, -0.25) is 0 Å². The van der Waals surface area contributed by atoms with E-state index in [1.165, 1.54) is 117 Å². The van der Waals surface area contributed by atoms with Gasteiger partial charge in [-0.1, -0.05) is 121 Å². The van der Waals surface area contributed by atoms with Gasteiger partial charge < -0.3 is 4.90 Å². The molecular weight excluding hydrogens is 603 g/mol. The van der Waals surface area contributed by atoms with Crippen molar-refractivity contribution in [1.29, 1.82) is 0 Å². The van der Waals surface area contributed by atoms with Gasteiger partial charge in [0.25, 0.3) is 0 Å². The number of fused-ring (bicyclic) bond motifs is 2. The lowest BCUT2D eigenvalue weighted by Gasteiger charge is -2.42. The van der Waals surface area contributed by atoms with Crippen LogP contribution in [-0.2, 0) is 12.8 Å².